The number of nitrogens with one attached hydrogen (secondary N) is 4. The van der Waals surface area contributed by atoms with Gasteiger partial charge in [-0.15, -0.1) is 0 Å². The van der Waals surface area contributed by atoms with Gasteiger partial charge in [0.2, 0.25) is 11.9 Å². The quantitative estimate of drug-likeness (QED) is 0.327. The van der Waals surface area contributed by atoms with Crippen molar-refractivity contribution in [3.63, 3.8) is 0 Å². The summed E-state index contributed by atoms with van der Waals surface area (Å²) in [5, 5.41) is 6.85. The fraction of sp³-hybridized carbons (Fsp3) is 0.909. The lowest BCUT2D eigenvalue weighted by atomic mass is 9.97. The lowest BCUT2D eigenvalue weighted by Crippen LogP contribution is -2.54. The number of hydrogen-bond acceptors (Lipinski definition) is 2. The lowest BCUT2D eigenvalue weighted by Gasteiger charge is -2.25. The molecular weight excluding hydrogens is 348 g/mol. The minimum absolute atomic E-state index is 0.129. The van der Waals surface area contributed by atoms with E-state index in [1.807, 2.05) is 0 Å². The molecule has 28 heavy (non-hydrogen) atoms. The van der Waals surface area contributed by atoms with Gasteiger partial charge < -0.3 is 10.6 Å². The van der Waals surface area contributed by atoms with E-state index in [1.165, 1.54) is 0 Å². The number of hydrazine groups is 1. The number of guanidine groups is 2. The van der Waals surface area contributed by atoms with Crippen LogP contribution in [-0.4, -0.2) is 38.1 Å². The van der Waals surface area contributed by atoms with Gasteiger partial charge in [0.1, 0.15) is 0 Å². The van der Waals surface area contributed by atoms with Crippen LogP contribution in [0.15, 0.2) is 9.98 Å². The van der Waals surface area contributed by atoms with E-state index in [9.17, 15) is 0 Å². The third-order valence-electron chi connectivity index (χ3n) is 3.29. The Labute approximate surface area is 174 Å². The first-order valence-corrected chi connectivity index (χ1v) is 10.5. The van der Waals surface area contributed by atoms with Crippen LogP contribution in [0.1, 0.15) is 83.1 Å². The fourth-order valence-corrected chi connectivity index (χ4v) is 1.73. The van der Waals surface area contributed by atoms with Crippen molar-refractivity contribution in [2.75, 3.05) is 26.2 Å². The van der Waals surface area contributed by atoms with E-state index in [-0.39, 0.29) is 21.7 Å². The molecule has 0 heterocycles. The second kappa shape index (κ2) is 10.4. The second-order valence-corrected chi connectivity index (χ2v) is 12.5. The zero-order valence-corrected chi connectivity index (χ0v) is 20.7. The third-order valence-corrected chi connectivity index (χ3v) is 3.29. The molecule has 0 aliphatic carbocycles. The molecule has 0 bridgehead atoms. The molecular formula is C22H48N6. The number of rotatable bonds is 4. The van der Waals surface area contributed by atoms with E-state index in [0.717, 1.165) is 38.1 Å². The van der Waals surface area contributed by atoms with Gasteiger partial charge in [0.15, 0.2) is 0 Å². The van der Waals surface area contributed by atoms with Crippen LogP contribution in [0.4, 0.5) is 0 Å². The highest BCUT2D eigenvalue weighted by molar-refractivity contribution is 5.85. The van der Waals surface area contributed by atoms with Gasteiger partial charge in [0.05, 0.1) is 0 Å². The van der Waals surface area contributed by atoms with Crippen LogP contribution >= 0.6 is 0 Å². The smallest absolute Gasteiger partial charge is 0.210 e. The summed E-state index contributed by atoms with van der Waals surface area (Å²) in [7, 11) is 0. The molecule has 0 amide bonds. The Balaban J connectivity index is 5.18. The summed E-state index contributed by atoms with van der Waals surface area (Å²) < 4.78 is 0. The van der Waals surface area contributed by atoms with E-state index < -0.39 is 0 Å². The molecule has 0 radical (unpaired) electrons. The predicted molar refractivity (Wildman–Crippen MR) is 125 cm³/mol. The van der Waals surface area contributed by atoms with E-state index in [1.54, 1.807) is 0 Å². The molecule has 0 unspecified atom stereocenters. The van der Waals surface area contributed by atoms with Crippen LogP contribution < -0.4 is 21.5 Å². The van der Waals surface area contributed by atoms with Crippen LogP contribution in [0.25, 0.3) is 0 Å². The monoisotopic (exact) mass is 396 g/mol. The van der Waals surface area contributed by atoms with Gasteiger partial charge in [0, 0.05) is 26.2 Å². The van der Waals surface area contributed by atoms with E-state index in [4.69, 9.17) is 9.98 Å². The zero-order chi connectivity index (χ0) is 22.2. The van der Waals surface area contributed by atoms with Crippen LogP contribution in [0.3, 0.4) is 0 Å². The van der Waals surface area contributed by atoms with Crippen LogP contribution in [0.2, 0.25) is 0 Å². The summed E-state index contributed by atoms with van der Waals surface area (Å²) in [5.41, 5.74) is 7.05. The first-order valence-electron chi connectivity index (χ1n) is 10.5. The summed E-state index contributed by atoms with van der Waals surface area (Å²) in [4.78, 5) is 9.47. The molecule has 0 aromatic carbocycles. The summed E-state index contributed by atoms with van der Waals surface area (Å²) in [5.74, 6) is 1.48. The maximum atomic E-state index is 4.74. The van der Waals surface area contributed by atoms with E-state index in [2.05, 4.69) is 105 Å². The molecule has 0 rings (SSSR count). The number of aliphatic imine (C=N–C) groups is 2. The summed E-state index contributed by atoms with van der Waals surface area (Å²) in [6.07, 6.45) is 0. The third kappa shape index (κ3) is 17.9. The van der Waals surface area contributed by atoms with Gasteiger partial charge in [-0.1, -0.05) is 83.1 Å². The topological polar surface area (TPSA) is 72.8 Å². The highest BCUT2D eigenvalue weighted by Crippen LogP contribution is 2.14. The number of nitrogens with zero attached hydrogens (tertiary/aromatic N) is 2. The molecule has 0 saturated carbocycles. The van der Waals surface area contributed by atoms with E-state index in [0.29, 0.717) is 0 Å². The Hall–Kier alpha value is -1.46. The molecule has 0 atom stereocenters. The molecule has 6 heteroatoms. The van der Waals surface area contributed by atoms with Crippen molar-refractivity contribution >= 4 is 11.9 Å². The average molecular weight is 397 g/mol. The van der Waals surface area contributed by atoms with Gasteiger partial charge in [-0.25, -0.2) is 0 Å². The molecule has 0 spiro atoms. The highest BCUT2D eigenvalue weighted by atomic mass is 15.5. The SMILES string of the molecule is CC(C)(C)CN=C(NCC(C)(C)C)NNC(=NCC(C)(C)C)NCC(C)(C)C. The summed E-state index contributed by atoms with van der Waals surface area (Å²) >= 11 is 0. The van der Waals surface area contributed by atoms with Gasteiger partial charge in [0.25, 0.3) is 0 Å². The Bertz CT molecular complexity index is 459. The van der Waals surface area contributed by atoms with Crippen molar-refractivity contribution in [3.05, 3.63) is 0 Å². The minimum Gasteiger partial charge on any atom is -0.354 e. The Kier molecular flexibility index (Phi) is 9.81. The molecule has 6 nitrogen and oxygen atoms in total. The standard InChI is InChI=1S/C22H48N6/c1-19(2,3)13-23-17(24-14-20(4,5)6)27-28-18(25-15-21(7,8)9)26-16-22(10,11)12/h13-16H2,1-12H3,(H2,23,24,27)(H2,25,26,28). The number of hydrogen-bond donors (Lipinski definition) is 4. The summed E-state index contributed by atoms with van der Waals surface area (Å²) in [6.45, 7) is 29.5. The van der Waals surface area contributed by atoms with Crippen LogP contribution in [0, 0.1) is 21.7 Å². The van der Waals surface area contributed by atoms with Crippen molar-refractivity contribution in [3.8, 4) is 0 Å². The van der Waals surface area contributed by atoms with Gasteiger partial charge in [-0.3, -0.25) is 20.8 Å². The molecule has 0 saturated heterocycles. The van der Waals surface area contributed by atoms with Gasteiger partial charge in [-0.05, 0) is 21.7 Å². The molecule has 0 fully saturated rings. The second-order valence-electron chi connectivity index (χ2n) is 12.5. The Morgan fingerprint density at radius 1 is 0.500 bits per heavy atom. The van der Waals surface area contributed by atoms with Crippen molar-refractivity contribution in [2.45, 2.75) is 83.1 Å². The predicted octanol–water partition coefficient (Wildman–Crippen LogP) is 4.16. The molecule has 0 aromatic heterocycles. The molecule has 0 aliphatic rings. The van der Waals surface area contributed by atoms with Crippen molar-refractivity contribution in [1.82, 2.24) is 21.5 Å². The normalized spacial score (nSPS) is 14.7. The van der Waals surface area contributed by atoms with Crippen LogP contribution in [-0.2, 0) is 0 Å². The Morgan fingerprint density at radius 2 is 0.786 bits per heavy atom. The maximum Gasteiger partial charge on any atom is 0.210 e. The minimum atomic E-state index is 0.129. The van der Waals surface area contributed by atoms with Crippen molar-refractivity contribution in [2.24, 2.45) is 31.6 Å². The molecule has 4 N–H and O–H groups in total. The average Bonchev–Trinajstić information content (AvgIpc) is 2.44. The largest absolute Gasteiger partial charge is 0.354 e. The van der Waals surface area contributed by atoms with E-state index >= 15 is 0 Å². The highest BCUT2D eigenvalue weighted by Gasteiger charge is 2.16. The van der Waals surface area contributed by atoms with Crippen molar-refractivity contribution < 1.29 is 0 Å². The maximum absolute atomic E-state index is 4.74. The molecule has 0 aliphatic heterocycles. The fourth-order valence-electron chi connectivity index (χ4n) is 1.73. The van der Waals surface area contributed by atoms with Crippen LogP contribution in [0.5, 0.6) is 0 Å². The molecule has 0 aromatic rings. The first-order chi connectivity index (χ1) is 12.4. The lowest BCUT2D eigenvalue weighted by molar-refractivity contribution is 0.398. The van der Waals surface area contributed by atoms with Gasteiger partial charge >= 0.3 is 0 Å². The molecule has 166 valence electrons. The first kappa shape index (κ1) is 26.5. The van der Waals surface area contributed by atoms with Gasteiger partial charge in [-0.2, -0.15) is 0 Å². The zero-order valence-electron chi connectivity index (χ0n) is 20.7. The van der Waals surface area contributed by atoms with Crippen molar-refractivity contribution in [1.29, 1.82) is 0 Å². The summed E-state index contributed by atoms with van der Waals surface area (Å²) in [6, 6.07) is 0. The Morgan fingerprint density at radius 3 is 1.00 bits per heavy atom.